The van der Waals surface area contributed by atoms with Crippen molar-refractivity contribution >= 4 is 11.9 Å². The highest BCUT2D eigenvalue weighted by Crippen LogP contribution is 1.94. The van der Waals surface area contributed by atoms with Crippen LogP contribution in [0.25, 0.3) is 0 Å². The lowest BCUT2D eigenvalue weighted by Gasteiger charge is -2.04. The van der Waals surface area contributed by atoms with Crippen molar-refractivity contribution < 1.29 is 19.1 Å². The second-order valence-electron chi connectivity index (χ2n) is 2.65. The van der Waals surface area contributed by atoms with Gasteiger partial charge in [0.25, 0.3) is 0 Å². The van der Waals surface area contributed by atoms with Gasteiger partial charge >= 0.3 is 11.9 Å². The Hall–Kier alpha value is -1.06. The number of ether oxygens (including phenoxy) is 2. The number of hydrogen-bond acceptors (Lipinski definition) is 4. The van der Waals surface area contributed by atoms with Crippen molar-refractivity contribution in [1.82, 2.24) is 0 Å². The first-order valence-corrected chi connectivity index (χ1v) is 4.52. The smallest absolute Gasteiger partial charge is 0.308 e. The van der Waals surface area contributed by atoms with Crippen molar-refractivity contribution in [2.75, 3.05) is 6.79 Å². The van der Waals surface area contributed by atoms with Crippen LogP contribution in [0.4, 0.5) is 0 Å². The summed E-state index contributed by atoms with van der Waals surface area (Å²) in [6, 6.07) is 0. The van der Waals surface area contributed by atoms with Crippen LogP contribution < -0.4 is 0 Å². The van der Waals surface area contributed by atoms with E-state index < -0.39 is 0 Å². The van der Waals surface area contributed by atoms with Gasteiger partial charge in [0.15, 0.2) is 0 Å². The number of carbonyl (C=O) groups is 2. The summed E-state index contributed by atoms with van der Waals surface area (Å²) in [5.41, 5.74) is 0. The minimum atomic E-state index is -0.327. The molecule has 0 amide bonds. The molecule has 4 nitrogen and oxygen atoms in total. The Balaban J connectivity index is 3.33. The first-order valence-electron chi connectivity index (χ1n) is 4.52. The number of carbonyl (C=O) groups excluding carboxylic acids is 2. The third kappa shape index (κ3) is 7.31. The zero-order valence-electron chi connectivity index (χ0n) is 8.17. The molecular weight excluding hydrogens is 172 g/mol. The third-order valence-corrected chi connectivity index (χ3v) is 1.35. The number of esters is 2. The van der Waals surface area contributed by atoms with Gasteiger partial charge in [0.1, 0.15) is 0 Å². The van der Waals surface area contributed by atoms with Crippen LogP contribution in [0, 0.1) is 0 Å². The van der Waals surface area contributed by atoms with Gasteiger partial charge in [-0.1, -0.05) is 13.8 Å². The molecule has 0 heterocycles. The standard InChI is InChI=1S/C9H16O4/c1-3-5-8(10)12-7-13-9(11)6-4-2/h3-7H2,1-2H3. The van der Waals surface area contributed by atoms with Crippen LogP contribution in [0.2, 0.25) is 0 Å². The Morgan fingerprint density at radius 3 is 1.62 bits per heavy atom. The monoisotopic (exact) mass is 188 g/mol. The largest absolute Gasteiger partial charge is 0.428 e. The highest BCUT2D eigenvalue weighted by atomic mass is 16.7. The Morgan fingerprint density at radius 1 is 0.923 bits per heavy atom. The van der Waals surface area contributed by atoms with E-state index in [9.17, 15) is 9.59 Å². The maximum absolute atomic E-state index is 10.8. The van der Waals surface area contributed by atoms with Crippen LogP contribution in [0.5, 0.6) is 0 Å². The van der Waals surface area contributed by atoms with E-state index in [0.717, 1.165) is 12.8 Å². The van der Waals surface area contributed by atoms with Crippen molar-refractivity contribution in [3.8, 4) is 0 Å². The van der Waals surface area contributed by atoms with Gasteiger partial charge in [-0.25, -0.2) is 0 Å². The van der Waals surface area contributed by atoms with Crippen molar-refractivity contribution in [3.63, 3.8) is 0 Å². The summed E-state index contributed by atoms with van der Waals surface area (Å²) in [4.78, 5) is 21.5. The van der Waals surface area contributed by atoms with Gasteiger partial charge in [-0.2, -0.15) is 0 Å². The van der Waals surface area contributed by atoms with Crippen molar-refractivity contribution in [1.29, 1.82) is 0 Å². The quantitative estimate of drug-likeness (QED) is 0.469. The van der Waals surface area contributed by atoms with E-state index in [4.69, 9.17) is 0 Å². The zero-order valence-corrected chi connectivity index (χ0v) is 8.17. The van der Waals surface area contributed by atoms with E-state index in [1.54, 1.807) is 0 Å². The number of rotatable bonds is 6. The van der Waals surface area contributed by atoms with Gasteiger partial charge in [-0.3, -0.25) is 9.59 Å². The van der Waals surface area contributed by atoms with E-state index in [1.807, 2.05) is 13.8 Å². The maximum Gasteiger partial charge on any atom is 0.308 e. The second kappa shape index (κ2) is 7.58. The third-order valence-electron chi connectivity index (χ3n) is 1.35. The van der Waals surface area contributed by atoms with Crippen LogP contribution in [-0.2, 0) is 19.1 Å². The van der Waals surface area contributed by atoms with Crippen LogP contribution in [0.3, 0.4) is 0 Å². The average molecular weight is 188 g/mol. The van der Waals surface area contributed by atoms with Crippen molar-refractivity contribution in [2.45, 2.75) is 39.5 Å². The van der Waals surface area contributed by atoms with Crippen LogP contribution in [-0.4, -0.2) is 18.7 Å². The molecule has 0 spiro atoms. The molecule has 0 atom stereocenters. The Morgan fingerprint density at radius 2 is 1.31 bits per heavy atom. The predicted octanol–water partition coefficient (Wildman–Crippen LogP) is 1.63. The Bertz CT molecular complexity index is 147. The molecule has 0 aliphatic heterocycles. The fourth-order valence-electron chi connectivity index (χ4n) is 0.713. The van der Waals surface area contributed by atoms with Crippen molar-refractivity contribution in [2.24, 2.45) is 0 Å². The first-order chi connectivity index (χ1) is 6.20. The lowest BCUT2D eigenvalue weighted by molar-refractivity contribution is -0.167. The molecule has 0 fully saturated rings. The summed E-state index contributed by atoms with van der Waals surface area (Å²) >= 11 is 0. The molecule has 0 N–H and O–H groups in total. The molecule has 0 aromatic carbocycles. The fraction of sp³-hybridized carbons (Fsp3) is 0.778. The minimum absolute atomic E-state index is 0.252. The van der Waals surface area contributed by atoms with Gasteiger partial charge in [0.2, 0.25) is 6.79 Å². The van der Waals surface area contributed by atoms with E-state index in [1.165, 1.54) is 0 Å². The maximum atomic E-state index is 10.8. The van der Waals surface area contributed by atoms with Gasteiger partial charge < -0.3 is 9.47 Å². The summed E-state index contributed by atoms with van der Waals surface area (Å²) in [6.07, 6.45) is 2.21. The lowest BCUT2D eigenvalue weighted by atomic mass is 10.3. The topological polar surface area (TPSA) is 52.6 Å². The highest BCUT2D eigenvalue weighted by molar-refractivity contribution is 5.70. The average Bonchev–Trinajstić information content (AvgIpc) is 2.05. The predicted molar refractivity (Wildman–Crippen MR) is 46.9 cm³/mol. The second-order valence-corrected chi connectivity index (χ2v) is 2.65. The van der Waals surface area contributed by atoms with E-state index in [-0.39, 0.29) is 18.7 Å². The molecule has 0 rings (SSSR count). The molecule has 0 aliphatic carbocycles. The zero-order chi connectivity index (χ0) is 10.1. The van der Waals surface area contributed by atoms with Crippen molar-refractivity contribution in [3.05, 3.63) is 0 Å². The van der Waals surface area contributed by atoms with Gasteiger partial charge in [-0.05, 0) is 12.8 Å². The molecule has 0 aromatic heterocycles. The summed E-state index contributed by atoms with van der Waals surface area (Å²) in [7, 11) is 0. The summed E-state index contributed by atoms with van der Waals surface area (Å²) < 4.78 is 9.23. The molecule has 0 unspecified atom stereocenters. The van der Waals surface area contributed by atoms with E-state index >= 15 is 0 Å². The van der Waals surface area contributed by atoms with Crippen LogP contribution >= 0.6 is 0 Å². The lowest BCUT2D eigenvalue weighted by Crippen LogP contribution is -2.11. The normalized spacial score (nSPS) is 9.38. The first kappa shape index (κ1) is 11.9. The molecule has 4 heteroatoms. The van der Waals surface area contributed by atoms with Gasteiger partial charge in [-0.15, -0.1) is 0 Å². The molecule has 76 valence electrons. The van der Waals surface area contributed by atoms with E-state index in [2.05, 4.69) is 9.47 Å². The van der Waals surface area contributed by atoms with Crippen LogP contribution in [0.1, 0.15) is 39.5 Å². The molecule has 0 aromatic rings. The minimum Gasteiger partial charge on any atom is -0.428 e. The van der Waals surface area contributed by atoms with Gasteiger partial charge in [0, 0.05) is 12.8 Å². The molecule has 0 radical (unpaired) electrons. The summed E-state index contributed by atoms with van der Waals surface area (Å²) in [6.45, 7) is 3.51. The van der Waals surface area contributed by atoms with Gasteiger partial charge in [0.05, 0.1) is 0 Å². The fourth-order valence-corrected chi connectivity index (χ4v) is 0.713. The molecule has 0 aliphatic rings. The molecule has 0 bridgehead atoms. The summed E-state index contributed by atoms with van der Waals surface area (Å²) in [5, 5.41) is 0. The Kier molecular flexibility index (Phi) is 6.96. The molecule has 0 saturated heterocycles. The Labute approximate surface area is 78.2 Å². The highest BCUT2D eigenvalue weighted by Gasteiger charge is 2.03. The SMILES string of the molecule is CCCC(=O)OCOC(=O)CCC. The molecular formula is C9H16O4. The molecule has 0 saturated carbocycles. The molecule has 13 heavy (non-hydrogen) atoms. The number of hydrogen-bond donors (Lipinski definition) is 0. The van der Waals surface area contributed by atoms with E-state index in [0.29, 0.717) is 12.8 Å². The summed E-state index contributed by atoms with van der Waals surface area (Å²) in [5.74, 6) is -0.654. The van der Waals surface area contributed by atoms with Crippen LogP contribution in [0.15, 0.2) is 0 Å².